The van der Waals surface area contributed by atoms with Crippen molar-refractivity contribution < 1.29 is 14.6 Å². The van der Waals surface area contributed by atoms with Gasteiger partial charge in [-0.1, -0.05) is 24.3 Å². The Morgan fingerprint density at radius 2 is 2.00 bits per heavy atom. The Labute approximate surface area is 129 Å². The maximum absolute atomic E-state index is 11.3. The van der Waals surface area contributed by atoms with Crippen LogP contribution in [0.2, 0.25) is 0 Å². The van der Waals surface area contributed by atoms with Crippen molar-refractivity contribution in [3.63, 3.8) is 0 Å². The van der Waals surface area contributed by atoms with E-state index in [-0.39, 0.29) is 13.1 Å². The van der Waals surface area contributed by atoms with Crippen molar-refractivity contribution in [1.29, 1.82) is 0 Å². The van der Waals surface area contributed by atoms with Gasteiger partial charge in [-0.05, 0) is 42.3 Å². The zero-order chi connectivity index (χ0) is 15.9. The predicted octanol–water partition coefficient (Wildman–Crippen LogP) is 3.14. The van der Waals surface area contributed by atoms with Crippen LogP contribution in [0.5, 0.6) is 5.75 Å². The van der Waals surface area contributed by atoms with E-state index in [1.165, 1.54) is 4.90 Å². The number of hydrogen-bond donors (Lipinski definition) is 2. The summed E-state index contributed by atoms with van der Waals surface area (Å²) in [5.41, 5.74) is 8.30. The molecule has 0 unspecified atom stereocenters. The summed E-state index contributed by atoms with van der Waals surface area (Å²) in [4.78, 5) is 12.6. The molecule has 0 aromatic heterocycles. The number of carbonyl (C=O) groups is 1. The van der Waals surface area contributed by atoms with Crippen LogP contribution in [0.3, 0.4) is 0 Å². The molecule has 0 fully saturated rings. The van der Waals surface area contributed by atoms with Gasteiger partial charge in [-0.3, -0.25) is 0 Å². The van der Waals surface area contributed by atoms with Gasteiger partial charge in [0, 0.05) is 12.2 Å². The number of rotatable bonds is 6. The topological polar surface area (TPSA) is 75.8 Å². The van der Waals surface area contributed by atoms with Crippen LogP contribution in [0.15, 0.2) is 48.5 Å². The number of ether oxygens (including phenoxy) is 1. The zero-order valence-corrected chi connectivity index (χ0v) is 12.5. The number of nitrogen functional groups attached to an aromatic ring is 1. The molecule has 3 N–H and O–H groups in total. The second kappa shape index (κ2) is 7.36. The van der Waals surface area contributed by atoms with E-state index in [4.69, 9.17) is 10.5 Å². The average Bonchev–Trinajstić information content (AvgIpc) is 2.46. The molecule has 2 aromatic carbocycles. The van der Waals surface area contributed by atoms with Crippen molar-refractivity contribution in [2.24, 2.45) is 0 Å². The van der Waals surface area contributed by atoms with Crippen molar-refractivity contribution in [2.75, 3.05) is 18.9 Å². The summed E-state index contributed by atoms with van der Waals surface area (Å²) in [6.45, 7) is 2.86. The molecule has 0 radical (unpaired) electrons. The van der Waals surface area contributed by atoms with E-state index in [1.807, 2.05) is 43.3 Å². The lowest BCUT2D eigenvalue weighted by molar-refractivity contribution is 0.132. The van der Waals surface area contributed by atoms with Crippen LogP contribution in [-0.4, -0.2) is 29.3 Å². The quantitative estimate of drug-likeness (QED) is 0.804. The van der Waals surface area contributed by atoms with Gasteiger partial charge in [-0.25, -0.2) is 4.79 Å². The Kier molecular flexibility index (Phi) is 5.25. The number of nitrogens with zero attached hydrogens (tertiary/aromatic N) is 1. The standard InChI is InChI=1S/C17H20N2O3/c1-13-4-2-7-16(10-13)22-9-8-19(17(20)21)12-14-5-3-6-15(18)11-14/h2-7,10-11H,8-9,12,18H2,1H3,(H,20,21). The Morgan fingerprint density at radius 1 is 1.23 bits per heavy atom. The molecule has 0 spiro atoms. The van der Waals surface area contributed by atoms with E-state index in [0.29, 0.717) is 12.3 Å². The molecule has 2 rings (SSSR count). The van der Waals surface area contributed by atoms with E-state index >= 15 is 0 Å². The number of amides is 1. The summed E-state index contributed by atoms with van der Waals surface area (Å²) in [5.74, 6) is 0.745. The van der Waals surface area contributed by atoms with Crippen LogP contribution in [-0.2, 0) is 6.54 Å². The van der Waals surface area contributed by atoms with Crippen molar-refractivity contribution in [2.45, 2.75) is 13.5 Å². The van der Waals surface area contributed by atoms with Gasteiger partial charge in [-0.15, -0.1) is 0 Å². The highest BCUT2D eigenvalue weighted by Crippen LogP contribution is 2.13. The largest absolute Gasteiger partial charge is 0.492 e. The SMILES string of the molecule is Cc1cccc(OCCN(Cc2cccc(N)c2)C(=O)O)c1. The van der Waals surface area contributed by atoms with Crippen molar-refractivity contribution in [3.8, 4) is 5.75 Å². The molecule has 2 aromatic rings. The molecular formula is C17H20N2O3. The molecule has 0 aliphatic rings. The first-order valence-electron chi connectivity index (χ1n) is 7.06. The lowest BCUT2D eigenvalue weighted by atomic mass is 10.2. The number of anilines is 1. The van der Waals surface area contributed by atoms with Crippen LogP contribution in [0.25, 0.3) is 0 Å². The molecule has 1 amide bonds. The minimum atomic E-state index is -0.977. The molecule has 116 valence electrons. The fraction of sp³-hybridized carbons (Fsp3) is 0.235. The van der Waals surface area contributed by atoms with Gasteiger partial charge in [0.05, 0.1) is 6.54 Å². The van der Waals surface area contributed by atoms with Crippen molar-refractivity contribution >= 4 is 11.8 Å². The Bertz CT molecular complexity index is 643. The maximum Gasteiger partial charge on any atom is 0.407 e. The third-order valence-electron chi connectivity index (χ3n) is 3.21. The number of carboxylic acid groups (broad SMARTS) is 1. The highest BCUT2D eigenvalue weighted by molar-refractivity contribution is 5.65. The monoisotopic (exact) mass is 300 g/mol. The molecule has 0 bridgehead atoms. The van der Waals surface area contributed by atoms with E-state index in [0.717, 1.165) is 16.9 Å². The Balaban J connectivity index is 1.90. The van der Waals surface area contributed by atoms with Gasteiger partial charge in [-0.2, -0.15) is 0 Å². The highest BCUT2D eigenvalue weighted by Gasteiger charge is 2.12. The third kappa shape index (κ3) is 4.70. The lowest BCUT2D eigenvalue weighted by Gasteiger charge is -2.19. The van der Waals surface area contributed by atoms with Gasteiger partial charge in [0.2, 0.25) is 0 Å². The van der Waals surface area contributed by atoms with Gasteiger partial charge >= 0.3 is 6.09 Å². The first kappa shape index (κ1) is 15.7. The second-order valence-corrected chi connectivity index (χ2v) is 5.11. The molecule has 0 aliphatic heterocycles. The van der Waals surface area contributed by atoms with E-state index in [2.05, 4.69) is 0 Å². The Hall–Kier alpha value is -2.69. The molecular weight excluding hydrogens is 280 g/mol. The minimum Gasteiger partial charge on any atom is -0.492 e. The van der Waals surface area contributed by atoms with E-state index in [9.17, 15) is 9.90 Å². The summed E-state index contributed by atoms with van der Waals surface area (Å²) in [7, 11) is 0. The van der Waals surface area contributed by atoms with E-state index < -0.39 is 6.09 Å². The molecule has 0 saturated carbocycles. The second-order valence-electron chi connectivity index (χ2n) is 5.11. The lowest BCUT2D eigenvalue weighted by Crippen LogP contribution is -2.32. The first-order valence-corrected chi connectivity index (χ1v) is 7.06. The van der Waals surface area contributed by atoms with E-state index in [1.54, 1.807) is 12.1 Å². The van der Waals surface area contributed by atoms with Crippen LogP contribution in [0.4, 0.5) is 10.5 Å². The molecule has 0 saturated heterocycles. The zero-order valence-electron chi connectivity index (χ0n) is 12.5. The van der Waals surface area contributed by atoms with Crippen LogP contribution < -0.4 is 10.5 Å². The molecule has 0 aliphatic carbocycles. The predicted molar refractivity (Wildman–Crippen MR) is 86.0 cm³/mol. The van der Waals surface area contributed by atoms with Crippen LogP contribution in [0.1, 0.15) is 11.1 Å². The summed E-state index contributed by atoms with van der Waals surface area (Å²) in [6, 6.07) is 14.9. The minimum absolute atomic E-state index is 0.289. The normalized spacial score (nSPS) is 10.2. The fourth-order valence-corrected chi connectivity index (χ4v) is 2.13. The van der Waals surface area contributed by atoms with Gasteiger partial charge in [0.25, 0.3) is 0 Å². The van der Waals surface area contributed by atoms with Gasteiger partial charge in [0.15, 0.2) is 0 Å². The summed E-state index contributed by atoms with van der Waals surface area (Å²) >= 11 is 0. The van der Waals surface area contributed by atoms with Crippen molar-refractivity contribution in [3.05, 3.63) is 59.7 Å². The maximum atomic E-state index is 11.3. The summed E-state index contributed by atoms with van der Waals surface area (Å²) in [5, 5.41) is 9.28. The van der Waals surface area contributed by atoms with Gasteiger partial charge < -0.3 is 20.5 Å². The first-order chi connectivity index (χ1) is 10.5. The molecule has 0 heterocycles. The third-order valence-corrected chi connectivity index (χ3v) is 3.21. The molecule has 0 atom stereocenters. The average molecular weight is 300 g/mol. The van der Waals surface area contributed by atoms with Gasteiger partial charge in [0.1, 0.15) is 12.4 Å². The summed E-state index contributed by atoms with van der Waals surface area (Å²) < 4.78 is 5.60. The number of nitrogens with two attached hydrogens (primary N) is 1. The molecule has 22 heavy (non-hydrogen) atoms. The Morgan fingerprint density at radius 3 is 2.68 bits per heavy atom. The number of aryl methyl sites for hydroxylation is 1. The molecule has 5 nitrogen and oxygen atoms in total. The number of hydrogen-bond acceptors (Lipinski definition) is 3. The molecule has 5 heteroatoms. The number of benzene rings is 2. The van der Waals surface area contributed by atoms with Crippen LogP contribution in [0, 0.1) is 6.92 Å². The highest BCUT2D eigenvalue weighted by atomic mass is 16.5. The smallest absolute Gasteiger partial charge is 0.407 e. The summed E-state index contributed by atoms with van der Waals surface area (Å²) in [6.07, 6.45) is -0.977. The fourth-order valence-electron chi connectivity index (χ4n) is 2.13. The van der Waals surface area contributed by atoms with Crippen LogP contribution >= 0.6 is 0 Å². The van der Waals surface area contributed by atoms with Crippen molar-refractivity contribution in [1.82, 2.24) is 4.90 Å².